The van der Waals surface area contributed by atoms with Crippen LogP contribution in [0, 0.1) is 0 Å². The number of hydrogen-bond acceptors (Lipinski definition) is 4. The Morgan fingerprint density at radius 3 is 2.75 bits per heavy atom. The summed E-state index contributed by atoms with van der Waals surface area (Å²) in [5.74, 6) is 0.810. The van der Waals surface area contributed by atoms with E-state index in [0.29, 0.717) is 11.6 Å². The number of rotatable bonds is 5. The van der Waals surface area contributed by atoms with Crippen molar-refractivity contribution in [3.63, 3.8) is 0 Å². The average Bonchev–Trinajstić information content (AvgIpc) is 2.38. The molecule has 2 atom stereocenters. The monoisotopic (exact) mass is 294 g/mol. The normalized spacial score (nSPS) is 23.5. The van der Waals surface area contributed by atoms with Crippen LogP contribution in [0.4, 0.5) is 0 Å². The van der Waals surface area contributed by atoms with Crippen LogP contribution in [0.3, 0.4) is 0 Å². The number of nitrogens with two attached hydrogens (primary N) is 1. The van der Waals surface area contributed by atoms with Crippen molar-refractivity contribution in [1.82, 2.24) is 4.90 Å². The van der Waals surface area contributed by atoms with Crippen LogP contribution in [0.2, 0.25) is 0 Å². The highest BCUT2D eigenvalue weighted by molar-refractivity contribution is 7.80. The highest BCUT2D eigenvalue weighted by Crippen LogP contribution is 2.14. The zero-order valence-corrected chi connectivity index (χ0v) is 12.9. The molecule has 0 aliphatic carbocycles. The first kappa shape index (κ1) is 15.2. The molecule has 0 unspecified atom stereocenters. The van der Waals surface area contributed by atoms with Gasteiger partial charge in [-0.1, -0.05) is 24.4 Å². The molecule has 0 spiro atoms. The number of ether oxygens (including phenoxy) is 2. The van der Waals surface area contributed by atoms with Crippen LogP contribution in [0.5, 0.6) is 5.75 Å². The average molecular weight is 294 g/mol. The van der Waals surface area contributed by atoms with E-state index >= 15 is 0 Å². The molecule has 0 aromatic heterocycles. The maximum absolute atomic E-state index is 5.77. The summed E-state index contributed by atoms with van der Waals surface area (Å²) in [7, 11) is 0. The molecule has 1 fully saturated rings. The van der Waals surface area contributed by atoms with Crippen LogP contribution in [-0.2, 0) is 4.74 Å². The van der Waals surface area contributed by atoms with E-state index in [2.05, 4.69) is 18.7 Å². The zero-order chi connectivity index (χ0) is 14.5. The van der Waals surface area contributed by atoms with E-state index in [1.165, 1.54) is 0 Å². The molecule has 1 aliphatic rings. The predicted octanol–water partition coefficient (Wildman–Crippen LogP) is 1.81. The van der Waals surface area contributed by atoms with Crippen LogP contribution in [0.15, 0.2) is 24.3 Å². The van der Waals surface area contributed by atoms with Crippen LogP contribution in [0.1, 0.15) is 19.4 Å². The van der Waals surface area contributed by atoms with Gasteiger partial charge in [0.2, 0.25) is 0 Å². The van der Waals surface area contributed by atoms with Crippen molar-refractivity contribution in [3.8, 4) is 5.75 Å². The Labute approximate surface area is 125 Å². The maximum atomic E-state index is 5.77. The highest BCUT2D eigenvalue weighted by Gasteiger charge is 2.21. The van der Waals surface area contributed by atoms with E-state index in [-0.39, 0.29) is 12.2 Å². The third-order valence-corrected chi connectivity index (χ3v) is 3.53. The Morgan fingerprint density at radius 2 is 2.10 bits per heavy atom. The van der Waals surface area contributed by atoms with E-state index in [0.717, 1.165) is 30.9 Å². The van der Waals surface area contributed by atoms with Crippen molar-refractivity contribution in [2.45, 2.75) is 26.1 Å². The fraction of sp³-hybridized carbons (Fsp3) is 0.533. The van der Waals surface area contributed by atoms with E-state index in [1.54, 1.807) is 0 Å². The molecule has 0 radical (unpaired) electrons. The van der Waals surface area contributed by atoms with Crippen LogP contribution >= 0.6 is 12.2 Å². The Balaban J connectivity index is 1.81. The number of nitrogens with zero attached hydrogens (tertiary/aromatic N) is 1. The molecule has 2 N–H and O–H groups in total. The lowest BCUT2D eigenvalue weighted by Gasteiger charge is -2.35. The van der Waals surface area contributed by atoms with Gasteiger partial charge in [0.05, 0.1) is 12.2 Å². The molecule has 0 bridgehead atoms. The standard InChI is InChI=1S/C15H22N2O2S/c1-11-9-17(10-12(2)19-11)6-7-18-14-5-3-4-13(8-14)15(16)20/h3-5,8,11-12H,6-7,9-10H2,1-2H3,(H2,16,20)/t11-,12+. The van der Waals surface area contributed by atoms with Crippen LogP contribution in [0.25, 0.3) is 0 Å². The molecule has 20 heavy (non-hydrogen) atoms. The number of morpholine rings is 1. The molecule has 2 rings (SSSR count). The van der Waals surface area contributed by atoms with Crippen molar-refractivity contribution in [2.24, 2.45) is 5.73 Å². The van der Waals surface area contributed by atoms with E-state index in [1.807, 2.05) is 24.3 Å². The minimum Gasteiger partial charge on any atom is -0.492 e. The summed E-state index contributed by atoms with van der Waals surface area (Å²) in [5.41, 5.74) is 6.45. The molecule has 4 nitrogen and oxygen atoms in total. The summed E-state index contributed by atoms with van der Waals surface area (Å²) < 4.78 is 11.5. The maximum Gasteiger partial charge on any atom is 0.120 e. The highest BCUT2D eigenvalue weighted by atomic mass is 32.1. The fourth-order valence-electron chi connectivity index (χ4n) is 2.50. The third-order valence-electron chi connectivity index (χ3n) is 3.29. The number of thiocarbonyl (C=S) groups is 1. The quantitative estimate of drug-likeness (QED) is 0.839. The van der Waals surface area contributed by atoms with Gasteiger partial charge in [0, 0.05) is 25.2 Å². The SMILES string of the molecule is C[C@@H]1CN(CCOc2cccc(C(N)=S)c2)C[C@H](C)O1. The van der Waals surface area contributed by atoms with Crippen molar-refractivity contribution in [2.75, 3.05) is 26.2 Å². The molecule has 110 valence electrons. The van der Waals surface area contributed by atoms with Gasteiger partial charge in [-0.15, -0.1) is 0 Å². The second kappa shape index (κ2) is 7.02. The van der Waals surface area contributed by atoms with Gasteiger partial charge in [0.1, 0.15) is 17.3 Å². The van der Waals surface area contributed by atoms with Gasteiger partial charge in [0.25, 0.3) is 0 Å². The van der Waals surface area contributed by atoms with Gasteiger partial charge in [0.15, 0.2) is 0 Å². The first-order chi connectivity index (χ1) is 9.54. The first-order valence-corrected chi connectivity index (χ1v) is 7.36. The zero-order valence-electron chi connectivity index (χ0n) is 12.0. The molecule has 1 aromatic carbocycles. The molecular formula is C15H22N2O2S. The van der Waals surface area contributed by atoms with Gasteiger partial charge in [-0.2, -0.15) is 0 Å². The van der Waals surface area contributed by atoms with Crippen molar-refractivity contribution >= 4 is 17.2 Å². The summed E-state index contributed by atoms with van der Waals surface area (Å²) in [6.07, 6.45) is 0.577. The summed E-state index contributed by atoms with van der Waals surface area (Å²) in [4.78, 5) is 2.77. The molecule has 0 saturated carbocycles. The predicted molar refractivity (Wildman–Crippen MR) is 84.3 cm³/mol. The Morgan fingerprint density at radius 1 is 1.40 bits per heavy atom. The summed E-state index contributed by atoms with van der Waals surface area (Å²) in [6, 6.07) is 7.60. The molecular weight excluding hydrogens is 272 g/mol. The Bertz CT molecular complexity index is 457. The summed E-state index contributed by atoms with van der Waals surface area (Å²) in [5, 5.41) is 0. The van der Waals surface area contributed by atoms with Gasteiger partial charge in [-0.05, 0) is 26.0 Å². The number of hydrogen-bond donors (Lipinski definition) is 1. The van der Waals surface area contributed by atoms with Gasteiger partial charge in [-0.25, -0.2) is 0 Å². The lowest BCUT2D eigenvalue weighted by molar-refractivity contribution is -0.0699. The van der Waals surface area contributed by atoms with Crippen LogP contribution < -0.4 is 10.5 Å². The smallest absolute Gasteiger partial charge is 0.120 e. The molecule has 5 heteroatoms. The molecule has 1 aliphatic heterocycles. The lowest BCUT2D eigenvalue weighted by atomic mass is 10.2. The third kappa shape index (κ3) is 4.44. The minimum absolute atomic E-state index is 0.289. The second-order valence-corrected chi connectivity index (χ2v) is 5.70. The minimum atomic E-state index is 0.289. The van der Waals surface area contributed by atoms with Gasteiger partial charge >= 0.3 is 0 Å². The van der Waals surface area contributed by atoms with Crippen molar-refractivity contribution in [3.05, 3.63) is 29.8 Å². The Kier molecular flexibility index (Phi) is 5.34. The van der Waals surface area contributed by atoms with Gasteiger partial charge < -0.3 is 15.2 Å². The van der Waals surface area contributed by atoms with E-state index in [9.17, 15) is 0 Å². The summed E-state index contributed by atoms with van der Waals surface area (Å²) >= 11 is 4.96. The van der Waals surface area contributed by atoms with Crippen molar-refractivity contribution < 1.29 is 9.47 Å². The largest absolute Gasteiger partial charge is 0.492 e. The first-order valence-electron chi connectivity index (χ1n) is 6.95. The van der Waals surface area contributed by atoms with Crippen molar-refractivity contribution in [1.29, 1.82) is 0 Å². The fourth-order valence-corrected chi connectivity index (χ4v) is 2.63. The molecule has 0 amide bonds. The molecule has 1 saturated heterocycles. The number of benzene rings is 1. The van der Waals surface area contributed by atoms with E-state index < -0.39 is 0 Å². The topological polar surface area (TPSA) is 47.7 Å². The van der Waals surface area contributed by atoms with Crippen LogP contribution in [-0.4, -0.2) is 48.3 Å². The summed E-state index contributed by atoms with van der Waals surface area (Å²) in [6.45, 7) is 7.68. The molecule has 1 heterocycles. The van der Waals surface area contributed by atoms with E-state index in [4.69, 9.17) is 27.4 Å². The molecule has 1 aromatic rings. The second-order valence-electron chi connectivity index (χ2n) is 5.26. The Hall–Kier alpha value is -1.17. The lowest BCUT2D eigenvalue weighted by Crippen LogP contribution is -2.46. The van der Waals surface area contributed by atoms with Gasteiger partial charge in [-0.3, -0.25) is 4.90 Å².